The Hall–Kier alpha value is -3.29. The molecule has 0 fully saturated rings. The number of β-amino-alcohol motifs (C(OH)–C–C–N with tert-alkyl or cyclic N) is 1. The summed E-state index contributed by atoms with van der Waals surface area (Å²) in [6, 6.07) is 22.5. The lowest BCUT2D eigenvalue weighted by Crippen LogP contribution is -2.46. The fraction of sp³-hybridized carbons (Fsp3) is 0.364. The van der Waals surface area contributed by atoms with Gasteiger partial charge in [0.15, 0.2) is 5.78 Å². The minimum Gasteiger partial charge on any atom is -0.457 e. The van der Waals surface area contributed by atoms with Crippen LogP contribution in [0.2, 0.25) is 0 Å². The molecule has 0 saturated heterocycles. The van der Waals surface area contributed by atoms with Crippen LogP contribution in [-0.4, -0.2) is 49.4 Å². The highest BCUT2D eigenvalue weighted by Crippen LogP contribution is 2.30. The van der Waals surface area contributed by atoms with Crippen molar-refractivity contribution in [1.82, 2.24) is 5.32 Å². The largest absolute Gasteiger partial charge is 0.457 e. The van der Waals surface area contributed by atoms with E-state index in [9.17, 15) is 9.90 Å². The molecule has 0 aromatic heterocycles. The number of aliphatic hydroxyl groups excluding tert-OH is 1. The SMILES string of the molecule is COCC1C=CC(Oc2ccccc2[C@@H](C)OC[C@H](O)CNC(C)(C)Cc2ccc3ccccc3c2)=CC1=O. The Morgan fingerprint density at radius 3 is 2.54 bits per heavy atom. The van der Waals surface area contributed by atoms with E-state index in [0.29, 0.717) is 24.7 Å². The van der Waals surface area contributed by atoms with Crippen molar-refractivity contribution in [2.75, 3.05) is 26.9 Å². The average molecular weight is 530 g/mol. The number of para-hydroxylation sites is 1. The number of nitrogens with one attached hydrogen (secondary N) is 1. The molecule has 0 heterocycles. The van der Waals surface area contributed by atoms with Crippen LogP contribution in [-0.2, 0) is 20.7 Å². The van der Waals surface area contributed by atoms with Crippen molar-refractivity contribution >= 4 is 16.6 Å². The lowest BCUT2D eigenvalue weighted by Gasteiger charge is -2.28. The van der Waals surface area contributed by atoms with Gasteiger partial charge in [-0.3, -0.25) is 4.79 Å². The molecule has 3 aromatic rings. The van der Waals surface area contributed by atoms with Gasteiger partial charge in [-0.2, -0.15) is 0 Å². The Kier molecular flexibility index (Phi) is 9.70. The van der Waals surface area contributed by atoms with Gasteiger partial charge in [0, 0.05) is 30.8 Å². The first-order chi connectivity index (χ1) is 18.7. The number of methoxy groups -OCH3 is 1. The van der Waals surface area contributed by atoms with Crippen molar-refractivity contribution in [3.05, 3.63) is 102 Å². The quantitative estimate of drug-likeness (QED) is 0.302. The molecule has 3 aromatic carbocycles. The number of hydrogen-bond acceptors (Lipinski definition) is 6. The molecule has 0 amide bonds. The summed E-state index contributed by atoms with van der Waals surface area (Å²) in [6.07, 6.45) is 4.95. The van der Waals surface area contributed by atoms with Crippen LogP contribution in [0.3, 0.4) is 0 Å². The monoisotopic (exact) mass is 529 g/mol. The van der Waals surface area contributed by atoms with E-state index in [-0.39, 0.29) is 30.0 Å². The number of allylic oxidation sites excluding steroid dienone is 2. The molecular formula is C33H39NO5. The summed E-state index contributed by atoms with van der Waals surface area (Å²) in [5, 5.41) is 16.6. The van der Waals surface area contributed by atoms with Crippen LogP contribution in [0.4, 0.5) is 0 Å². The zero-order valence-electron chi connectivity index (χ0n) is 23.2. The van der Waals surface area contributed by atoms with Crippen molar-refractivity contribution in [1.29, 1.82) is 0 Å². The molecule has 0 saturated carbocycles. The topological polar surface area (TPSA) is 77.0 Å². The lowest BCUT2D eigenvalue weighted by molar-refractivity contribution is -0.118. The Bertz CT molecular complexity index is 1330. The zero-order chi connectivity index (χ0) is 27.8. The fourth-order valence-corrected chi connectivity index (χ4v) is 4.74. The summed E-state index contributed by atoms with van der Waals surface area (Å²) >= 11 is 0. The summed E-state index contributed by atoms with van der Waals surface area (Å²) in [4.78, 5) is 12.3. The number of ketones is 1. The molecule has 0 bridgehead atoms. The first-order valence-corrected chi connectivity index (χ1v) is 13.5. The molecule has 6 heteroatoms. The van der Waals surface area contributed by atoms with Gasteiger partial charge in [0.1, 0.15) is 11.5 Å². The average Bonchev–Trinajstić information content (AvgIpc) is 2.92. The number of hydrogen-bond donors (Lipinski definition) is 2. The third kappa shape index (κ3) is 8.10. The van der Waals surface area contributed by atoms with Crippen LogP contribution in [0.25, 0.3) is 10.8 Å². The Morgan fingerprint density at radius 2 is 1.77 bits per heavy atom. The molecular weight excluding hydrogens is 490 g/mol. The van der Waals surface area contributed by atoms with Crippen molar-refractivity contribution < 1.29 is 24.1 Å². The van der Waals surface area contributed by atoms with Crippen molar-refractivity contribution in [3.8, 4) is 5.75 Å². The highest BCUT2D eigenvalue weighted by Gasteiger charge is 2.22. The maximum Gasteiger partial charge on any atom is 0.168 e. The second kappa shape index (κ2) is 13.2. The summed E-state index contributed by atoms with van der Waals surface area (Å²) in [6.45, 7) is 7.14. The van der Waals surface area contributed by atoms with E-state index in [1.165, 1.54) is 22.4 Å². The number of carbonyl (C=O) groups excluding carboxylic acids is 1. The van der Waals surface area contributed by atoms with Gasteiger partial charge in [0.25, 0.3) is 0 Å². The molecule has 1 aliphatic carbocycles. The molecule has 1 aliphatic rings. The zero-order valence-corrected chi connectivity index (χ0v) is 23.2. The Labute approximate surface area is 231 Å². The highest BCUT2D eigenvalue weighted by atomic mass is 16.5. The van der Waals surface area contributed by atoms with Gasteiger partial charge in [-0.15, -0.1) is 0 Å². The van der Waals surface area contributed by atoms with Gasteiger partial charge >= 0.3 is 0 Å². The van der Waals surface area contributed by atoms with Gasteiger partial charge < -0.3 is 24.6 Å². The van der Waals surface area contributed by atoms with E-state index in [4.69, 9.17) is 14.2 Å². The summed E-state index contributed by atoms with van der Waals surface area (Å²) in [5.41, 5.74) is 1.90. The van der Waals surface area contributed by atoms with Gasteiger partial charge in [-0.25, -0.2) is 0 Å². The molecule has 1 unspecified atom stereocenters. The first kappa shape index (κ1) is 28.7. The minimum absolute atomic E-state index is 0.0460. The summed E-state index contributed by atoms with van der Waals surface area (Å²) in [5.74, 6) is 0.760. The molecule has 4 rings (SSSR count). The minimum atomic E-state index is -0.671. The van der Waals surface area contributed by atoms with E-state index in [2.05, 4.69) is 61.6 Å². The number of fused-ring (bicyclic) bond motifs is 1. The number of benzene rings is 3. The summed E-state index contributed by atoms with van der Waals surface area (Å²) in [7, 11) is 1.58. The van der Waals surface area contributed by atoms with Crippen molar-refractivity contribution in [3.63, 3.8) is 0 Å². The van der Waals surface area contributed by atoms with Crippen LogP contribution in [0.15, 0.2) is 90.7 Å². The number of rotatable bonds is 13. The predicted molar refractivity (Wildman–Crippen MR) is 155 cm³/mol. The third-order valence-electron chi connectivity index (χ3n) is 6.89. The number of ether oxygens (including phenoxy) is 3. The maximum absolute atomic E-state index is 12.3. The Balaban J connectivity index is 1.28. The number of aliphatic hydroxyl groups is 1. The van der Waals surface area contributed by atoms with Crippen LogP contribution < -0.4 is 10.1 Å². The van der Waals surface area contributed by atoms with Gasteiger partial charge in [-0.1, -0.05) is 66.7 Å². The second-order valence-corrected chi connectivity index (χ2v) is 10.8. The van der Waals surface area contributed by atoms with E-state index in [0.717, 1.165) is 12.0 Å². The van der Waals surface area contributed by atoms with E-state index < -0.39 is 6.10 Å². The van der Waals surface area contributed by atoms with Gasteiger partial charge in [0.2, 0.25) is 0 Å². The van der Waals surface area contributed by atoms with Crippen molar-refractivity contribution in [2.45, 2.75) is 44.9 Å². The van der Waals surface area contributed by atoms with Gasteiger partial charge in [0.05, 0.1) is 31.3 Å². The highest BCUT2D eigenvalue weighted by molar-refractivity contribution is 5.95. The Morgan fingerprint density at radius 1 is 1.03 bits per heavy atom. The van der Waals surface area contributed by atoms with Crippen LogP contribution in [0.1, 0.15) is 38.0 Å². The van der Waals surface area contributed by atoms with Crippen LogP contribution >= 0.6 is 0 Å². The molecule has 0 aliphatic heterocycles. The summed E-state index contributed by atoms with van der Waals surface area (Å²) < 4.78 is 17.2. The smallest absolute Gasteiger partial charge is 0.168 e. The van der Waals surface area contributed by atoms with E-state index >= 15 is 0 Å². The second-order valence-electron chi connectivity index (χ2n) is 10.8. The molecule has 6 nitrogen and oxygen atoms in total. The molecule has 2 N–H and O–H groups in total. The standard InChI is InChI=1S/C33H39NO5/c1-23(30-11-7-8-12-32(30)39-29-16-15-27(21-37-4)31(36)18-29)38-22-28(35)20-34-33(2,3)19-24-13-14-25-9-5-6-10-26(25)17-24/h5-18,23,27-28,34-35H,19-22H2,1-4H3/t23-,27?,28-/m1/s1. The number of carbonyl (C=O) groups is 1. The van der Waals surface area contributed by atoms with Gasteiger partial charge in [-0.05, 0) is 55.7 Å². The van der Waals surface area contributed by atoms with Crippen molar-refractivity contribution in [2.24, 2.45) is 5.92 Å². The van der Waals surface area contributed by atoms with Crippen LogP contribution in [0.5, 0.6) is 5.75 Å². The third-order valence-corrected chi connectivity index (χ3v) is 6.89. The fourth-order valence-electron chi connectivity index (χ4n) is 4.74. The normalized spacial score (nSPS) is 17.2. The molecule has 39 heavy (non-hydrogen) atoms. The predicted octanol–water partition coefficient (Wildman–Crippen LogP) is 5.55. The maximum atomic E-state index is 12.3. The lowest BCUT2D eigenvalue weighted by atomic mass is 9.93. The molecule has 0 radical (unpaired) electrons. The first-order valence-electron chi connectivity index (χ1n) is 13.5. The molecule has 0 spiro atoms. The molecule has 3 atom stereocenters. The molecule has 206 valence electrons. The van der Waals surface area contributed by atoms with E-state index in [1.807, 2.05) is 31.2 Å². The van der Waals surface area contributed by atoms with E-state index in [1.54, 1.807) is 19.3 Å². The van der Waals surface area contributed by atoms with Crippen LogP contribution in [0, 0.1) is 5.92 Å².